The second-order valence-corrected chi connectivity index (χ2v) is 6.18. The number of nitrogens with one attached hydrogen (secondary N) is 1. The van der Waals surface area contributed by atoms with Crippen LogP contribution in [0.3, 0.4) is 0 Å². The van der Waals surface area contributed by atoms with Crippen molar-refractivity contribution >= 4 is 14.9 Å². The molecule has 0 aromatic rings. The van der Waals surface area contributed by atoms with E-state index in [0.29, 0.717) is 13.2 Å². The smallest absolute Gasteiger partial charge is 0.243 e. The second kappa shape index (κ2) is 10.5. The number of ether oxygens (including phenoxy) is 2. The van der Waals surface area contributed by atoms with Crippen molar-refractivity contribution in [3.63, 3.8) is 0 Å². The van der Waals surface area contributed by atoms with Gasteiger partial charge in [-0.3, -0.25) is 4.79 Å². The Morgan fingerprint density at radius 2 is 2.24 bits per heavy atom. The molecule has 0 saturated heterocycles. The fraction of sp³-hybridized carbons (Fsp3) is 0.727. The maximum absolute atomic E-state index is 10.9. The van der Waals surface area contributed by atoms with Crippen molar-refractivity contribution in [1.29, 1.82) is 0 Å². The van der Waals surface area contributed by atoms with Gasteiger partial charge in [-0.15, -0.1) is 0 Å². The van der Waals surface area contributed by atoms with E-state index in [1.54, 1.807) is 14.2 Å². The second-order valence-electron chi connectivity index (χ2n) is 3.70. The molecule has 5 nitrogen and oxygen atoms in total. The molecule has 0 radical (unpaired) electrons. The maximum Gasteiger partial charge on any atom is 0.243 e. The Balaban J connectivity index is 3.60. The summed E-state index contributed by atoms with van der Waals surface area (Å²) in [5.41, 5.74) is 0. The molecule has 17 heavy (non-hydrogen) atoms. The number of rotatable bonds is 10. The molecule has 0 bridgehead atoms. The topological polar surface area (TPSA) is 56.8 Å². The molecule has 2 atom stereocenters. The fourth-order valence-electron chi connectivity index (χ4n) is 1.30. The predicted molar refractivity (Wildman–Crippen MR) is 69.4 cm³/mol. The summed E-state index contributed by atoms with van der Waals surface area (Å²) in [6.45, 7) is 6.60. The lowest BCUT2D eigenvalue weighted by Crippen LogP contribution is -2.29. The fourth-order valence-corrected chi connectivity index (χ4v) is 2.92. The van der Waals surface area contributed by atoms with Crippen molar-refractivity contribution in [3.8, 4) is 0 Å². The Morgan fingerprint density at radius 1 is 1.53 bits per heavy atom. The number of hydrogen-bond acceptors (Lipinski definition) is 4. The van der Waals surface area contributed by atoms with Crippen LogP contribution in [0.4, 0.5) is 0 Å². The molecule has 0 rings (SSSR count). The minimum Gasteiger partial charge on any atom is -0.394 e. The Labute approximate surface area is 105 Å². The van der Waals surface area contributed by atoms with Crippen LogP contribution in [0, 0.1) is 0 Å². The standard InChI is InChI=1S/C11H23NO4Si/c1-5-10(13)12-7-6-8-17(4)16-11(15-3)9-14-2/h5,11,17H,1,6-9H2,2-4H3,(H,12,13). The van der Waals surface area contributed by atoms with Crippen molar-refractivity contribution in [2.24, 2.45) is 0 Å². The molecule has 6 heteroatoms. The molecule has 1 amide bonds. The molecule has 0 aliphatic carbocycles. The van der Waals surface area contributed by atoms with Crippen LogP contribution in [0.15, 0.2) is 12.7 Å². The molecule has 0 aliphatic rings. The summed E-state index contributed by atoms with van der Waals surface area (Å²) in [6.07, 6.45) is 1.91. The first kappa shape index (κ1) is 16.3. The predicted octanol–water partition coefficient (Wildman–Crippen LogP) is 0.668. The lowest BCUT2D eigenvalue weighted by Gasteiger charge is -2.20. The van der Waals surface area contributed by atoms with E-state index in [-0.39, 0.29) is 12.2 Å². The van der Waals surface area contributed by atoms with Crippen LogP contribution >= 0.6 is 0 Å². The van der Waals surface area contributed by atoms with Gasteiger partial charge in [0.2, 0.25) is 5.91 Å². The quantitative estimate of drug-likeness (QED) is 0.272. The molecule has 0 aromatic carbocycles. The first-order chi connectivity index (χ1) is 8.13. The molecular formula is C11H23NO4Si. The molecule has 0 aromatic heterocycles. The molecule has 100 valence electrons. The zero-order valence-electron chi connectivity index (χ0n) is 10.9. The van der Waals surface area contributed by atoms with Gasteiger partial charge < -0.3 is 19.2 Å². The largest absolute Gasteiger partial charge is 0.394 e. The Hall–Kier alpha value is -0.693. The minimum atomic E-state index is -1.26. The first-order valence-electron chi connectivity index (χ1n) is 5.71. The zero-order valence-corrected chi connectivity index (χ0v) is 12.1. The summed E-state index contributed by atoms with van der Waals surface area (Å²) in [4.78, 5) is 10.9. The third-order valence-electron chi connectivity index (χ3n) is 2.22. The summed E-state index contributed by atoms with van der Waals surface area (Å²) >= 11 is 0. The molecule has 0 aliphatic heterocycles. The van der Waals surface area contributed by atoms with Gasteiger partial charge in [0.25, 0.3) is 0 Å². The number of hydrogen-bond donors (Lipinski definition) is 1. The molecule has 0 saturated carbocycles. The van der Waals surface area contributed by atoms with Crippen molar-refractivity contribution in [2.45, 2.75) is 25.3 Å². The van der Waals surface area contributed by atoms with Gasteiger partial charge in [-0.2, -0.15) is 0 Å². The van der Waals surface area contributed by atoms with Crippen molar-refractivity contribution in [2.75, 3.05) is 27.4 Å². The van der Waals surface area contributed by atoms with E-state index in [0.717, 1.165) is 12.5 Å². The van der Waals surface area contributed by atoms with Crippen LogP contribution < -0.4 is 5.32 Å². The highest BCUT2D eigenvalue weighted by Gasteiger charge is 2.13. The zero-order chi connectivity index (χ0) is 13.1. The minimum absolute atomic E-state index is 0.130. The van der Waals surface area contributed by atoms with E-state index in [1.165, 1.54) is 6.08 Å². The number of carbonyl (C=O) groups is 1. The molecule has 0 spiro atoms. The third kappa shape index (κ3) is 9.05. The van der Waals surface area contributed by atoms with Gasteiger partial charge in [-0.1, -0.05) is 6.58 Å². The van der Waals surface area contributed by atoms with Gasteiger partial charge in [0, 0.05) is 20.8 Å². The summed E-state index contributed by atoms with van der Waals surface area (Å²) in [6, 6.07) is 0.987. The van der Waals surface area contributed by atoms with Gasteiger partial charge in [0.1, 0.15) is 0 Å². The van der Waals surface area contributed by atoms with E-state index in [1.807, 2.05) is 0 Å². The normalized spacial score (nSPS) is 14.1. The van der Waals surface area contributed by atoms with Gasteiger partial charge in [0.15, 0.2) is 15.3 Å². The summed E-state index contributed by atoms with van der Waals surface area (Å²) in [5, 5.41) is 2.73. The van der Waals surface area contributed by atoms with Crippen LogP contribution in [-0.4, -0.2) is 48.6 Å². The average molecular weight is 261 g/mol. The SMILES string of the molecule is C=CC(=O)NCCC[SiH](C)OC(COC)OC. The van der Waals surface area contributed by atoms with Gasteiger partial charge in [-0.25, -0.2) is 0 Å². The van der Waals surface area contributed by atoms with Crippen LogP contribution in [0.1, 0.15) is 6.42 Å². The third-order valence-corrected chi connectivity index (χ3v) is 4.21. The van der Waals surface area contributed by atoms with Crippen LogP contribution in [0.2, 0.25) is 12.6 Å². The first-order valence-corrected chi connectivity index (χ1v) is 8.15. The van der Waals surface area contributed by atoms with Gasteiger partial charge in [0.05, 0.1) is 6.61 Å². The van der Waals surface area contributed by atoms with E-state index in [4.69, 9.17) is 13.9 Å². The molecular weight excluding hydrogens is 238 g/mol. The number of carbonyl (C=O) groups excluding carboxylic acids is 1. The van der Waals surface area contributed by atoms with E-state index in [9.17, 15) is 4.79 Å². The highest BCUT2D eigenvalue weighted by atomic mass is 28.3. The van der Waals surface area contributed by atoms with Crippen LogP contribution in [0.25, 0.3) is 0 Å². The highest BCUT2D eigenvalue weighted by molar-refractivity contribution is 6.50. The highest BCUT2D eigenvalue weighted by Crippen LogP contribution is 2.04. The van der Waals surface area contributed by atoms with Crippen LogP contribution in [-0.2, 0) is 18.7 Å². The Kier molecular flexibility index (Phi) is 10.0. The van der Waals surface area contributed by atoms with Crippen molar-refractivity contribution in [3.05, 3.63) is 12.7 Å². The van der Waals surface area contributed by atoms with E-state index < -0.39 is 9.04 Å². The Bertz CT molecular complexity index is 226. The molecule has 1 N–H and O–H groups in total. The van der Waals surface area contributed by atoms with E-state index >= 15 is 0 Å². The number of amides is 1. The van der Waals surface area contributed by atoms with Crippen molar-refractivity contribution in [1.82, 2.24) is 5.32 Å². The summed E-state index contributed by atoms with van der Waals surface area (Å²) < 4.78 is 15.8. The van der Waals surface area contributed by atoms with Gasteiger partial charge in [-0.05, 0) is 25.1 Å². The number of methoxy groups -OCH3 is 2. The summed E-state index contributed by atoms with van der Waals surface area (Å²) in [5.74, 6) is -0.130. The molecule has 2 unspecified atom stereocenters. The van der Waals surface area contributed by atoms with Crippen LogP contribution in [0.5, 0.6) is 0 Å². The van der Waals surface area contributed by atoms with Crippen molar-refractivity contribution < 1.29 is 18.7 Å². The lowest BCUT2D eigenvalue weighted by atomic mass is 10.4. The molecule has 0 fully saturated rings. The average Bonchev–Trinajstić information content (AvgIpc) is 2.33. The van der Waals surface area contributed by atoms with E-state index in [2.05, 4.69) is 18.4 Å². The maximum atomic E-state index is 10.9. The summed E-state index contributed by atoms with van der Waals surface area (Å²) in [7, 11) is 1.96. The lowest BCUT2D eigenvalue weighted by molar-refractivity contribution is -0.116. The molecule has 0 heterocycles. The monoisotopic (exact) mass is 261 g/mol. The Morgan fingerprint density at radius 3 is 2.76 bits per heavy atom. The van der Waals surface area contributed by atoms with Gasteiger partial charge >= 0.3 is 0 Å².